The Hall–Kier alpha value is -3.87. The Labute approximate surface area is 169 Å². The van der Waals surface area contributed by atoms with Gasteiger partial charge in [0.25, 0.3) is 5.56 Å². The van der Waals surface area contributed by atoms with Gasteiger partial charge >= 0.3 is 11.6 Å². The Morgan fingerprint density at radius 1 is 1.07 bits per heavy atom. The summed E-state index contributed by atoms with van der Waals surface area (Å²) in [5.41, 5.74) is 1.85. The lowest BCUT2D eigenvalue weighted by Crippen LogP contribution is -2.26. The lowest BCUT2D eigenvalue weighted by atomic mass is 9.85. The molecule has 0 spiro atoms. The number of aryl methyl sites for hydroxylation is 1. The van der Waals surface area contributed by atoms with Crippen molar-refractivity contribution in [3.63, 3.8) is 0 Å². The van der Waals surface area contributed by atoms with Gasteiger partial charge in [-0.25, -0.2) is 4.79 Å². The largest absolute Gasteiger partial charge is 0.497 e. The summed E-state index contributed by atoms with van der Waals surface area (Å²) in [6.07, 6.45) is -0.0394. The number of fused-ring (bicyclic) bond motifs is 4. The Balaban J connectivity index is 1.82. The van der Waals surface area contributed by atoms with Crippen LogP contribution in [-0.2, 0) is 4.79 Å². The summed E-state index contributed by atoms with van der Waals surface area (Å²) in [5, 5.41) is 1.50. The number of aromatic nitrogens is 1. The number of hydrogen-bond donors (Lipinski definition) is 1. The first-order valence-electron chi connectivity index (χ1n) is 9.43. The first-order chi connectivity index (χ1) is 14.4. The van der Waals surface area contributed by atoms with Gasteiger partial charge in [0.15, 0.2) is 0 Å². The molecule has 0 aliphatic carbocycles. The van der Waals surface area contributed by atoms with E-state index < -0.39 is 17.5 Å². The SMILES string of the molecule is COc1ccc2[nH]c(=O)c(C3CC(=O)Oc4ccc5c(C)cc(=O)oc5c43)cc2c1. The number of carbonyl (C=O) groups is 1. The van der Waals surface area contributed by atoms with Crippen LogP contribution in [0.15, 0.2) is 56.5 Å². The minimum atomic E-state index is -0.616. The van der Waals surface area contributed by atoms with Crippen molar-refractivity contribution in [1.82, 2.24) is 4.98 Å². The lowest BCUT2D eigenvalue weighted by Gasteiger charge is -2.25. The van der Waals surface area contributed by atoms with Crippen LogP contribution in [0.25, 0.3) is 21.9 Å². The van der Waals surface area contributed by atoms with Crippen LogP contribution in [0.4, 0.5) is 0 Å². The molecule has 3 heterocycles. The topological polar surface area (TPSA) is 98.6 Å². The average molecular weight is 403 g/mol. The minimum Gasteiger partial charge on any atom is -0.497 e. The van der Waals surface area contributed by atoms with E-state index in [2.05, 4.69) is 4.98 Å². The number of methoxy groups -OCH3 is 1. The normalized spacial score (nSPS) is 15.8. The van der Waals surface area contributed by atoms with E-state index in [0.717, 1.165) is 16.3 Å². The summed E-state index contributed by atoms with van der Waals surface area (Å²) >= 11 is 0. The standard InChI is InChI=1S/C23H17NO6/c1-11-7-19(25)30-22-14(11)4-6-18-21(22)15(10-20(26)29-18)16-9-12-8-13(28-2)3-5-17(12)24-23(16)27/h3-9,15H,10H2,1-2H3,(H,24,27). The van der Waals surface area contributed by atoms with Gasteiger partial charge in [-0.1, -0.05) is 0 Å². The predicted octanol–water partition coefficient (Wildman–Crippen LogP) is 3.39. The fourth-order valence-electron chi connectivity index (χ4n) is 4.09. The highest BCUT2D eigenvalue weighted by atomic mass is 16.5. The quantitative estimate of drug-likeness (QED) is 0.313. The van der Waals surface area contributed by atoms with E-state index in [1.165, 1.54) is 6.07 Å². The smallest absolute Gasteiger partial charge is 0.336 e. The maximum atomic E-state index is 12.9. The van der Waals surface area contributed by atoms with Crippen molar-refractivity contribution in [1.29, 1.82) is 0 Å². The summed E-state index contributed by atoms with van der Waals surface area (Å²) in [7, 11) is 1.57. The second kappa shape index (κ2) is 6.59. The van der Waals surface area contributed by atoms with E-state index in [1.807, 2.05) is 13.0 Å². The van der Waals surface area contributed by atoms with Gasteiger partial charge in [-0.05, 0) is 48.9 Å². The molecule has 1 aliphatic heterocycles. The summed E-state index contributed by atoms with van der Waals surface area (Å²) in [5.74, 6) is -0.125. The van der Waals surface area contributed by atoms with E-state index in [-0.39, 0.29) is 12.0 Å². The maximum Gasteiger partial charge on any atom is 0.336 e. The van der Waals surface area contributed by atoms with Gasteiger partial charge in [-0.15, -0.1) is 0 Å². The molecule has 7 nitrogen and oxygen atoms in total. The zero-order valence-corrected chi connectivity index (χ0v) is 16.3. The molecule has 150 valence electrons. The van der Waals surface area contributed by atoms with Crippen molar-refractivity contribution < 1.29 is 18.7 Å². The molecule has 1 atom stereocenters. The van der Waals surface area contributed by atoms with Crippen LogP contribution in [0.1, 0.15) is 29.0 Å². The van der Waals surface area contributed by atoms with Crippen molar-refractivity contribution in [2.24, 2.45) is 0 Å². The number of nitrogens with one attached hydrogen (secondary N) is 1. The molecule has 0 bridgehead atoms. The summed E-state index contributed by atoms with van der Waals surface area (Å²) in [6.45, 7) is 1.81. The van der Waals surface area contributed by atoms with Gasteiger partial charge < -0.3 is 18.9 Å². The van der Waals surface area contributed by atoms with Gasteiger partial charge in [-0.2, -0.15) is 0 Å². The first-order valence-corrected chi connectivity index (χ1v) is 9.43. The van der Waals surface area contributed by atoms with Crippen LogP contribution < -0.4 is 20.7 Å². The molecule has 1 unspecified atom stereocenters. The molecule has 0 amide bonds. The number of benzene rings is 2. The van der Waals surface area contributed by atoms with Crippen LogP contribution in [0, 0.1) is 6.92 Å². The number of aromatic amines is 1. The van der Waals surface area contributed by atoms with Crippen LogP contribution >= 0.6 is 0 Å². The highest BCUT2D eigenvalue weighted by molar-refractivity contribution is 5.90. The Morgan fingerprint density at radius 2 is 1.90 bits per heavy atom. The lowest BCUT2D eigenvalue weighted by molar-refractivity contribution is -0.135. The summed E-state index contributed by atoms with van der Waals surface area (Å²) in [6, 6.07) is 11.9. The van der Waals surface area contributed by atoms with Crippen LogP contribution in [0.5, 0.6) is 11.5 Å². The second-order valence-corrected chi connectivity index (χ2v) is 7.34. The van der Waals surface area contributed by atoms with Crippen molar-refractivity contribution in [3.8, 4) is 11.5 Å². The number of ether oxygens (including phenoxy) is 2. The van der Waals surface area contributed by atoms with Gasteiger partial charge in [0, 0.05) is 39.4 Å². The molecule has 0 saturated carbocycles. The molecule has 4 aromatic rings. The molecule has 0 fully saturated rings. The molecule has 1 aliphatic rings. The van der Waals surface area contributed by atoms with E-state index in [9.17, 15) is 14.4 Å². The Bertz CT molecular complexity index is 1460. The van der Waals surface area contributed by atoms with Crippen molar-refractivity contribution in [2.75, 3.05) is 7.11 Å². The van der Waals surface area contributed by atoms with E-state index >= 15 is 0 Å². The van der Waals surface area contributed by atoms with E-state index in [0.29, 0.717) is 33.7 Å². The Kier molecular flexibility index (Phi) is 3.99. The van der Waals surface area contributed by atoms with Gasteiger partial charge in [0.2, 0.25) is 0 Å². The maximum absolute atomic E-state index is 12.9. The summed E-state index contributed by atoms with van der Waals surface area (Å²) < 4.78 is 16.2. The number of carbonyl (C=O) groups excluding carboxylic acids is 1. The monoisotopic (exact) mass is 403 g/mol. The van der Waals surface area contributed by atoms with E-state index in [1.54, 1.807) is 37.4 Å². The first kappa shape index (κ1) is 18.2. The van der Waals surface area contributed by atoms with Crippen molar-refractivity contribution in [3.05, 3.63) is 79.9 Å². The molecule has 2 aromatic heterocycles. The van der Waals surface area contributed by atoms with E-state index in [4.69, 9.17) is 13.9 Å². The highest BCUT2D eigenvalue weighted by Crippen LogP contribution is 2.42. The molecule has 0 saturated heterocycles. The number of pyridine rings is 1. The fraction of sp³-hybridized carbons (Fsp3) is 0.174. The van der Waals surface area contributed by atoms with Gasteiger partial charge in [0.05, 0.1) is 13.5 Å². The zero-order chi connectivity index (χ0) is 21.0. The highest BCUT2D eigenvalue weighted by Gasteiger charge is 2.33. The number of esters is 1. The van der Waals surface area contributed by atoms with Crippen LogP contribution in [0.3, 0.4) is 0 Å². The zero-order valence-electron chi connectivity index (χ0n) is 16.3. The van der Waals surface area contributed by atoms with Gasteiger partial charge in [-0.3, -0.25) is 9.59 Å². The fourth-order valence-corrected chi connectivity index (χ4v) is 4.09. The summed E-state index contributed by atoms with van der Waals surface area (Å²) in [4.78, 5) is 40.2. The molecule has 2 aromatic carbocycles. The molecule has 7 heteroatoms. The molecule has 30 heavy (non-hydrogen) atoms. The Morgan fingerprint density at radius 3 is 2.70 bits per heavy atom. The third-order valence-electron chi connectivity index (χ3n) is 5.52. The minimum absolute atomic E-state index is 0.0394. The van der Waals surface area contributed by atoms with Crippen molar-refractivity contribution in [2.45, 2.75) is 19.3 Å². The third-order valence-corrected chi connectivity index (χ3v) is 5.52. The molecular weight excluding hydrogens is 386 g/mol. The average Bonchev–Trinajstić information content (AvgIpc) is 2.71. The molecule has 1 N–H and O–H groups in total. The number of H-pyrrole nitrogens is 1. The molecule has 5 rings (SSSR count). The van der Waals surface area contributed by atoms with Gasteiger partial charge in [0.1, 0.15) is 17.1 Å². The molecule has 0 radical (unpaired) electrons. The van der Waals surface area contributed by atoms with Crippen LogP contribution in [-0.4, -0.2) is 18.1 Å². The second-order valence-electron chi connectivity index (χ2n) is 7.34. The predicted molar refractivity (Wildman–Crippen MR) is 110 cm³/mol. The molecular formula is C23H17NO6. The van der Waals surface area contributed by atoms with Crippen LogP contribution in [0.2, 0.25) is 0 Å². The number of rotatable bonds is 2. The third kappa shape index (κ3) is 2.78. The number of hydrogen-bond acceptors (Lipinski definition) is 6. The van der Waals surface area contributed by atoms with Crippen molar-refractivity contribution >= 4 is 27.8 Å².